The van der Waals surface area contributed by atoms with Crippen LogP contribution in [-0.2, 0) is 10.0 Å². The molecule has 0 aromatic carbocycles. The topological polar surface area (TPSA) is 71.1 Å². The predicted octanol–water partition coefficient (Wildman–Crippen LogP) is 2.76. The second kappa shape index (κ2) is 7.04. The van der Waals surface area contributed by atoms with Gasteiger partial charge >= 0.3 is 0 Å². The molecule has 0 atom stereocenters. The first-order valence-corrected chi connectivity index (χ1v) is 8.59. The highest BCUT2D eigenvalue weighted by Gasteiger charge is 2.29. The summed E-state index contributed by atoms with van der Waals surface area (Å²) in [5, 5.41) is 3.18. The van der Waals surface area contributed by atoms with E-state index in [0.29, 0.717) is 12.2 Å². The van der Waals surface area contributed by atoms with Crippen LogP contribution in [0.1, 0.15) is 47.0 Å². The Labute approximate surface area is 122 Å². The molecule has 114 valence electrons. The summed E-state index contributed by atoms with van der Waals surface area (Å²) in [6, 6.07) is 3.47. The highest BCUT2D eigenvalue weighted by molar-refractivity contribution is 7.89. The van der Waals surface area contributed by atoms with Crippen molar-refractivity contribution in [1.29, 1.82) is 0 Å². The second-order valence-electron chi connectivity index (χ2n) is 5.16. The van der Waals surface area contributed by atoms with Crippen LogP contribution in [0.5, 0.6) is 0 Å². The number of hydrogen-bond acceptors (Lipinski definition) is 4. The van der Waals surface area contributed by atoms with Crippen LogP contribution in [0, 0.1) is 0 Å². The molecule has 0 saturated heterocycles. The van der Waals surface area contributed by atoms with Gasteiger partial charge < -0.3 is 5.32 Å². The van der Waals surface area contributed by atoms with E-state index in [1.54, 1.807) is 12.1 Å². The van der Waals surface area contributed by atoms with Crippen molar-refractivity contribution in [3.05, 3.63) is 18.3 Å². The Morgan fingerprint density at radius 2 is 1.90 bits per heavy atom. The van der Waals surface area contributed by atoms with E-state index >= 15 is 0 Å². The molecule has 0 radical (unpaired) electrons. The number of hydrogen-bond donors (Lipinski definition) is 2. The molecular formula is C14H25N3O2S. The number of sulfonamides is 1. The zero-order chi connectivity index (χ0) is 15.2. The van der Waals surface area contributed by atoms with Crippen LogP contribution >= 0.6 is 0 Å². The zero-order valence-electron chi connectivity index (χ0n) is 12.7. The summed E-state index contributed by atoms with van der Waals surface area (Å²) < 4.78 is 27.8. The summed E-state index contributed by atoms with van der Waals surface area (Å²) >= 11 is 0. The lowest BCUT2D eigenvalue weighted by Crippen LogP contribution is -2.45. The molecule has 1 rings (SSSR count). The summed E-state index contributed by atoms with van der Waals surface area (Å²) in [5.74, 6) is 0. The lowest BCUT2D eigenvalue weighted by molar-refractivity contribution is 0.388. The lowest BCUT2D eigenvalue weighted by Gasteiger charge is -2.27. The minimum atomic E-state index is -3.63. The maximum absolute atomic E-state index is 12.5. The van der Waals surface area contributed by atoms with E-state index in [1.807, 2.05) is 27.7 Å². The van der Waals surface area contributed by atoms with Gasteiger partial charge in [0, 0.05) is 18.3 Å². The molecule has 0 saturated carbocycles. The van der Waals surface area contributed by atoms with Crippen LogP contribution in [0.3, 0.4) is 0 Å². The summed E-state index contributed by atoms with van der Waals surface area (Å²) in [6.07, 6.45) is 3.88. The van der Waals surface area contributed by atoms with Crippen molar-refractivity contribution in [2.24, 2.45) is 0 Å². The largest absolute Gasteiger partial charge is 0.383 e. The third-order valence-electron chi connectivity index (χ3n) is 3.53. The SMILES string of the molecule is CCCNc1cccnc1S(=O)(=O)NC(C)(CC)CC. The van der Waals surface area contributed by atoms with E-state index in [4.69, 9.17) is 0 Å². The molecule has 0 aliphatic heterocycles. The summed E-state index contributed by atoms with van der Waals surface area (Å²) in [4.78, 5) is 4.04. The fourth-order valence-electron chi connectivity index (χ4n) is 1.77. The molecule has 0 bridgehead atoms. The Bertz CT molecular complexity index is 525. The van der Waals surface area contributed by atoms with Crippen molar-refractivity contribution < 1.29 is 8.42 Å². The van der Waals surface area contributed by atoms with E-state index in [2.05, 4.69) is 15.0 Å². The van der Waals surface area contributed by atoms with Crippen LogP contribution in [0.2, 0.25) is 0 Å². The van der Waals surface area contributed by atoms with E-state index in [1.165, 1.54) is 6.20 Å². The minimum absolute atomic E-state index is 0.0709. The molecule has 0 aliphatic carbocycles. The highest BCUT2D eigenvalue weighted by atomic mass is 32.2. The van der Waals surface area contributed by atoms with E-state index in [0.717, 1.165) is 19.3 Å². The molecule has 0 aliphatic rings. The van der Waals surface area contributed by atoms with E-state index in [-0.39, 0.29) is 5.03 Å². The van der Waals surface area contributed by atoms with Crippen LogP contribution in [-0.4, -0.2) is 25.5 Å². The van der Waals surface area contributed by atoms with Gasteiger partial charge in [0.05, 0.1) is 5.69 Å². The van der Waals surface area contributed by atoms with Gasteiger partial charge in [-0.3, -0.25) is 0 Å². The van der Waals surface area contributed by atoms with Gasteiger partial charge in [0.15, 0.2) is 5.03 Å². The van der Waals surface area contributed by atoms with Gasteiger partial charge in [0.2, 0.25) is 0 Å². The van der Waals surface area contributed by atoms with Crippen LogP contribution < -0.4 is 10.0 Å². The fraction of sp³-hybridized carbons (Fsp3) is 0.643. The third-order valence-corrected chi connectivity index (χ3v) is 5.13. The molecule has 0 fully saturated rings. The Hall–Kier alpha value is -1.14. The fourth-order valence-corrected chi connectivity index (χ4v) is 3.43. The first kappa shape index (κ1) is 16.9. The molecule has 0 unspecified atom stereocenters. The molecule has 0 spiro atoms. The number of pyridine rings is 1. The molecule has 2 N–H and O–H groups in total. The zero-order valence-corrected chi connectivity index (χ0v) is 13.5. The van der Waals surface area contributed by atoms with Crippen molar-refractivity contribution in [3.8, 4) is 0 Å². The van der Waals surface area contributed by atoms with Gasteiger partial charge in [-0.05, 0) is 38.3 Å². The maximum atomic E-state index is 12.5. The average Bonchev–Trinajstić information content (AvgIpc) is 2.44. The quantitative estimate of drug-likeness (QED) is 0.774. The number of nitrogens with one attached hydrogen (secondary N) is 2. The lowest BCUT2D eigenvalue weighted by atomic mass is 9.98. The minimum Gasteiger partial charge on any atom is -0.383 e. The summed E-state index contributed by atoms with van der Waals surface area (Å²) in [6.45, 7) is 8.60. The number of rotatable bonds is 8. The van der Waals surface area contributed by atoms with Gasteiger partial charge in [0.25, 0.3) is 10.0 Å². The van der Waals surface area contributed by atoms with Gasteiger partial charge in [-0.1, -0.05) is 20.8 Å². The Kier molecular flexibility index (Phi) is 5.95. The summed E-state index contributed by atoms with van der Waals surface area (Å²) in [7, 11) is -3.63. The van der Waals surface area contributed by atoms with Crippen molar-refractivity contribution in [2.75, 3.05) is 11.9 Å². The van der Waals surface area contributed by atoms with Crippen LogP contribution in [0.25, 0.3) is 0 Å². The maximum Gasteiger partial charge on any atom is 0.260 e. The standard InChI is InChI=1S/C14H25N3O2S/c1-5-10-15-12-9-8-11-16-13(12)20(18,19)17-14(4,6-2)7-3/h8-9,11,15,17H,5-7,10H2,1-4H3. The van der Waals surface area contributed by atoms with Crippen molar-refractivity contribution in [1.82, 2.24) is 9.71 Å². The normalized spacial score (nSPS) is 12.4. The Balaban J connectivity index is 3.09. The molecule has 5 nitrogen and oxygen atoms in total. The van der Waals surface area contributed by atoms with Crippen LogP contribution in [0.4, 0.5) is 5.69 Å². The van der Waals surface area contributed by atoms with E-state index < -0.39 is 15.6 Å². The number of aromatic nitrogens is 1. The highest BCUT2D eigenvalue weighted by Crippen LogP contribution is 2.22. The van der Waals surface area contributed by atoms with Crippen molar-refractivity contribution in [2.45, 2.75) is 57.5 Å². The molecule has 1 aromatic rings. The van der Waals surface area contributed by atoms with Crippen molar-refractivity contribution >= 4 is 15.7 Å². The molecule has 6 heteroatoms. The molecule has 1 heterocycles. The van der Waals surface area contributed by atoms with Crippen LogP contribution in [0.15, 0.2) is 23.4 Å². The average molecular weight is 299 g/mol. The third kappa shape index (κ3) is 4.18. The van der Waals surface area contributed by atoms with Gasteiger partial charge in [0.1, 0.15) is 0 Å². The number of nitrogens with zero attached hydrogens (tertiary/aromatic N) is 1. The molecule has 0 amide bonds. The first-order chi connectivity index (χ1) is 9.38. The summed E-state index contributed by atoms with van der Waals surface area (Å²) in [5.41, 5.74) is 0.106. The number of anilines is 1. The predicted molar refractivity (Wildman–Crippen MR) is 82.3 cm³/mol. The second-order valence-corrected chi connectivity index (χ2v) is 6.75. The van der Waals surface area contributed by atoms with Gasteiger partial charge in [-0.2, -0.15) is 0 Å². The molecule has 20 heavy (non-hydrogen) atoms. The molecular weight excluding hydrogens is 274 g/mol. The Morgan fingerprint density at radius 3 is 2.45 bits per heavy atom. The smallest absolute Gasteiger partial charge is 0.260 e. The molecule has 1 aromatic heterocycles. The van der Waals surface area contributed by atoms with E-state index in [9.17, 15) is 8.42 Å². The van der Waals surface area contributed by atoms with Crippen molar-refractivity contribution in [3.63, 3.8) is 0 Å². The van der Waals surface area contributed by atoms with Gasteiger partial charge in [-0.15, -0.1) is 0 Å². The monoisotopic (exact) mass is 299 g/mol. The Morgan fingerprint density at radius 1 is 1.25 bits per heavy atom. The first-order valence-electron chi connectivity index (χ1n) is 7.11. The van der Waals surface area contributed by atoms with Gasteiger partial charge in [-0.25, -0.2) is 18.1 Å².